The Labute approximate surface area is 140 Å². The van der Waals surface area contributed by atoms with E-state index < -0.39 is 5.60 Å². The molecule has 1 aromatic rings. The topological polar surface area (TPSA) is 32.7 Å². The van der Waals surface area contributed by atoms with Gasteiger partial charge in [-0.1, -0.05) is 50.3 Å². The molecule has 128 valence electrons. The van der Waals surface area contributed by atoms with Gasteiger partial charge in [-0.2, -0.15) is 0 Å². The summed E-state index contributed by atoms with van der Waals surface area (Å²) in [5, 5.41) is 10.8. The number of rotatable bonds is 4. The minimum Gasteiger partial charge on any atom is -0.387 e. The number of para-hydroxylation sites is 1. The first kappa shape index (κ1) is 16.8. The number of nitrogens with zero attached hydrogens (tertiary/aromatic N) is 1. The summed E-state index contributed by atoms with van der Waals surface area (Å²) < 4.78 is 6.13. The van der Waals surface area contributed by atoms with Gasteiger partial charge in [0.2, 0.25) is 0 Å². The molecule has 3 nitrogen and oxygen atoms in total. The molecule has 1 saturated carbocycles. The summed E-state index contributed by atoms with van der Waals surface area (Å²) in [6, 6.07) is 10.5. The monoisotopic (exact) mass is 317 g/mol. The molecule has 1 aliphatic heterocycles. The van der Waals surface area contributed by atoms with Crippen molar-refractivity contribution in [2.75, 3.05) is 24.6 Å². The van der Waals surface area contributed by atoms with Crippen LogP contribution in [-0.2, 0) is 4.74 Å². The van der Waals surface area contributed by atoms with Gasteiger partial charge in [0.1, 0.15) is 0 Å². The smallest absolute Gasteiger partial charge is 0.0913 e. The number of anilines is 1. The molecule has 1 aromatic carbocycles. The Morgan fingerprint density at radius 1 is 0.957 bits per heavy atom. The van der Waals surface area contributed by atoms with E-state index >= 15 is 0 Å². The number of ether oxygens (including phenoxy) is 1. The van der Waals surface area contributed by atoms with Crippen LogP contribution >= 0.6 is 0 Å². The molecule has 0 amide bonds. The van der Waals surface area contributed by atoms with E-state index in [1.807, 2.05) is 6.07 Å². The van der Waals surface area contributed by atoms with Gasteiger partial charge in [0.05, 0.1) is 18.3 Å². The van der Waals surface area contributed by atoms with Gasteiger partial charge in [-0.25, -0.2) is 0 Å². The highest BCUT2D eigenvalue weighted by atomic mass is 16.5. The molecular weight excluding hydrogens is 286 g/mol. The number of benzene rings is 1. The van der Waals surface area contributed by atoms with Crippen molar-refractivity contribution in [1.29, 1.82) is 0 Å². The van der Waals surface area contributed by atoms with Crippen molar-refractivity contribution in [2.24, 2.45) is 0 Å². The van der Waals surface area contributed by atoms with E-state index in [4.69, 9.17) is 4.74 Å². The first-order valence-corrected chi connectivity index (χ1v) is 9.39. The molecule has 3 heteroatoms. The molecule has 0 bridgehead atoms. The van der Waals surface area contributed by atoms with Crippen molar-refractivity contribution < 1.29 is 9.84 Å². The molecule has 2 aliphatic rings. The number of piperidine rings is 1. The number of aliphatic hydroxyl groups is 1. The second-order valence-corrected chi connectivity index (χ2v) is 7.33. The first-order valence-electron chi connectivity index (χ1n) is 9.39. The molecule has 1 heterocycles. The highest BCUT2D eigenvalue weighted by Crippen LogP contribution is 2.28. The lowest BCUT2D eigenvalue weighted by Crippen LogP contribution is -2.47. The van der Waals surface area contributed by atoms with Crippen molar-refractivity contribution in [2.45, 2.75) is 69.5 Å². The molecule has 1 saturated heterocycles. The van der Waals surface area contributed by atoms with Crippen LogP contribution in [0.3, 0.4) is 0 Å². The molecule has 0 unspecified atom stereocenters. The molecule has 2 fully saturated rings. The lowest BCUT2D eigenvalue weighted by Gasteiger charge is -2.39. The minimum absolute atomic E-state index is 0.367. The summed E-state index contributed by atoms with van der Waals surface area (Å²) in [5.74, 6) is 0. The van der Waals surface area contributed by atoms with E-state index in [1.54, 1.807) is 0 Å². The second-order valence-electron chi connectivity index (χ2n) is 7.33. The van der Waals surface area contributed by atoms with Gasteiger partial charge in [0, 0.05) is 18.8 Å². The molecule has 0 spiro atoms. The van der Waals surface area contributed by atoms with Gasteiger partial charge >= 0.3 is 0 Å². The van der Waals surface area contributed by atoms with Crippen LogP contribution < -0.4 is 4.90 Å². The van der Waals surface area contributed by atoms with Gasteiger partial charge in [0.15, 0.2) is 0 Å². The molecule has 0 aromatic heterocycles. The largest absolute Gasteiger partial charge is 0.387 e. The van der Waals surface area contributed by atoms with Crippen LogP contribution in [0.4, 0.5) is 5.69 Å². The maximum Gasteiger partial charge on any atom is 0.0913 e. The van der Waals surface area contributed by atoms with E-state index in [9.17, 15) is 5.11 Å². The summed E-state index contributed by atoms with van der Waals surface area (Å²) in [6.45, 7) is 2.34. The average molecular weight is 317 g/mol. The summed E-state index contributed by atoms with van der Waals surface area (Å²) in [5.41, 5.74) is 0.628. The Hall–Kier alpha value is -1.06. The van der Waals surface area contributed by atoms with Crippen molar-refractivity contribution in [1.82, 2.24) is 0 Å². The predicted molar refractivity (Wildman–Crippen MR) is 94.9 cm³/mol. The van der Waals surface area contributed by atoms with Crippen LogP contribution in [0.5, 0.6) is 0 Å². The third-order valence-electron chi connectivity index (χ3n) is 5.46. The lowest BCUT2D eigenvalue weighted by molar-refractivity contribution is -0.0890. The Morgan fingerprint density at radius 2 is 1.57 bits per heavy atom. The maximum absolute atomic E-state index is 10.8. The van der Waals surface area contributed by atoms with Crippen LogP contribution in [0.1, 0.15) is 57.8 Å². The lowest BCUT2D eigenvalue weighted by atomic mass is 9.91. The molecule has 0 radical (unpaired) electrons. The highest BCUT2D eigenvalue weighted by molar-refractivity contribution is 5.46. The van der Waals surface area contributed by atoms with Crippen LogP contribution in [-0.4, -0.2) is 36.5 Å². The van der Waals surface area contributed by atoms with Crippen molar-refractivity contribution in [3.63, 3.8) is 0 Å². The second kappa shape index (κ2) is 8.16. The maximum atomic E-state index is 10.8. The Balaban J connectivity index is 1.45. The van der Waals surface area contributed by atoms with E-state index in [-0.39, 0.29) is 0 Å². The van der Waals surface area contributed by atoms with Crippen LogP contribution in [0.15, 0.2) is 30.3 Å². The molecule has 0 atom stereocenters. The van der Waals surface area contributed by atoms with Crippen LogP contribution in [0.2, 0.25) is 0 Å². The molecule has 3 rings (SSSR count). The zero-order valence-electron chi connectivity index (χ0n) is 14.3. The zero-order chi connectivity index (χ0) is 16.0. The van der Waals surface area contributed by atoms with E-state index in [0.29, 0.717) is 12.7 Å². The first-order chi connectivity index (χ1) is 11.3. The standard InChI is InChI=1S/C20H31NO2/c22-20(17-23-19-11-7-2-1-3-8-12-19)13-15-21(16-14-20)18-9-5-4-6-10-18/h4-6,9-10,19,22H,1-3,7-8,11-17H2. The summed E-state index contributed by atoms with van der Waals surface area (Å²) in [4.78, 5) is 2.37. The number of hydrogen-bond donors (Lipinski definition) is 1. The highest BCUT2D eigenvalue weighted by Gasteiger charge is 2.33. The molecule has 1 N–H and O–H groups in total. The van der Waals surface area contributed by atoms with Gasteiger partial charge in [0.25, 0.3) is 0 Å². The number of hydrogen-bond acceptors (Lipinski definition) is 3. The molecule has 1 aliphatic carbocycles. The molecular formula is C20H31NO2. The van der Waals surface area contributed by atoms with Crippen molar-refractivity contribution in [3.05, 3.63) is 30.3 Å². The van der Waals surface area contributed by atoms with E-state index in [2.05, 4.69) is 29.2 Å². The Morgan fingerprint density at radius 3 is 2.22 bits per heavy atom. The summed E-state index contributed by atoms with van der Waals surface area (Å²) >= 11 is 0. The quantitative estimate of drug-likeness (QED) is 0.905. The van der Waals surface area contributed by atoms with Crippen molar-refractivity contribution in [3.8, 4) is 0 Å². The van der Waals surface area contributed by atoms with Gasteiger partial charge in [-0.3, -0.25) is 0 Å². The normalized spacial score (nSPS) is 23.3. The Bertz CT molecular complexity index is 446. The van der Waals surface area contributed by atoms with Crippen molar-refractivity contribution >= 4 is 5.69 Å². The van der Waals surface area contributed by atoms with Crippen LogP contribution in [0.25, 0.3) is 0 Å². The fraction of sp³-hybridized carbons (Fsp3) is 0.700. The summed E-state index contributed by atoms with van der Waals surface area (Å²) in [7, 11) is 0. The Kier molecular flexibility index (Phi) is 5.96. The fourth-order valence-corrected chi connectivity index (χ4v) is 3.82. The molecule has 23 heavy (non-hydrogen) atoms. The van der Waals surface area contributed by atoms with E-state index in [1.165, 1.54) is 50.6 Å². The predicted octanol–water partition coefficient (Wildman–Crippen LogP) is 4.15. The average Bonchev–Trinajstić information content (AvgIpc) is 2.55. The van der Waals surface area contributed by atoms with Crippen LogP contribution in [0, 0.1) is 0 Å². The SMILES string of the molecule is OC1(COC2CCCCCCC2)CCN(c2ccccc2)CC1. The van der Waals surface area contributed by atoms with Gasteiger partial charge < -0.3 is 14.7 Å². The third kappa shape index (κ3) is 4.95. The summed E-state index contributed by atoms with van der Waals surface area (Å²) in [6.07, 6.45) is 10.9. The van der Waals surface area contributed by atoms with Gasteiger partial charge in [-0.05, 0) is 37.8 Å². The minimum atomic E-state index is -0.631. The van der Waals surface area contributed by atoms with Gasteiger partial charge in [-0.15, -0.1) is 0 Å². The zero-order valence-corrected chi connectivity index (χ0v) is 14.3. The van der Waals surface area contributed by atoms with E-state index in [0.717, 1.165) is 25.9 Å². The third-order valence-corrected chi connectivity index (χ3v) is 5.46. The fourth-order valence-electron chi connectivity index (χ4n) is 3.82.